The molecular weight excluding hydrogens is 372 g/mol. The van der Waals surface area contributed by atoms with Gasteiger partial charge in [0.25, 0.3) is 5.56 Å². The first-order valence-electron chi connectivity index (χ1n) is 10.6. The fourth-order valence-electron chi connectivity index (χ4n) is 4.86. The van der Waals surface area contributed by atoms with Gasteiger partial charge in [-0.2, -0.15) is 5.10 Å². The third-order valence-electron chi connectivity index (χ3n) is 6.43. The van der Waals surface area contributed by atoms with E-state index in [0.29, 0.717) is 31.7 Å². The van der Waals surface area contributed by atoms with Crippen molar-refractivity contribution in [2.75, 3.05) is 13.2 Å². The van der Waals surface area contributed by atoms with Crippen LogP contribution in [0.25, 0.3) is 0 Å². The van der Waals surface area contributed by atoms with Crippen LogP contribution in [0, 0.1) is 0 Å². The molecule has 0 spiro atoms. The van der Waals surface area contributed by atoms with Gasteiger partial charge in [0.1, 0.15) is 0 Å². The van der Waals surface area contributed by atoms with E-state index in [0.717, 1.165) is 37.2 Å². The molecule has 1 saturated carbocycles. The SMILES string of the molecule is O=c1cc2c(nn1CC1CCCN1Cc1csc(C3CCCC3)n1)CCOC2. The second kappa shape index (κ2) is 8.05. The summed E-state index contributed by atoms with van der Waals surface area (Å²) in [5, 5.41) is 8.23. The molecule has 2 aliphatic heterocycles. The van der Waals surface area contributed by atoms with E-state index in [1.165, 1.54) is 42.8 Å². The van der Waals surface area contributed by atoms with Crippen LogP contribution in [0.2, 0.25) is 0 Å². The first-order valence-corrected chi connectivity index (χ1v) is 11.5. The fraction of sp³-hybridized carbons (Fsp3) is 0.667. The number of rotatable bonds is 5. The van der Waals surface area contributed by atoms with Gasteiger partial charge in [0, 0.05) is 41.9 Å². The first-order chi connectivity index (χ1) is 13.8. The highest BCUT2D eigenvalue weighted by atomic mass is 32.1. The van der Waals surface area contributed by atoms with E-state index < -0.39 is 0 Å². The topological polar surface area (TPSA) is 60.2 Å². The second-order valence-electron chi connectivity index (χ2n) is 8.36. The molecule has 0 amide bonds. The number of hydrogen-bond donors (Lipinski definition) is 0. The number of likely N-dealkylation sites (tertiary alicyclic amines) is 1. The van der Waals surface area contributed by atoms with Crippen molar-refractivity contribution in [1.29, 1.82) is 0 Å². The molecule has 0 bridgehead atoms. The molecule has 1 aliphatic carbocycles. The average Bonchev–Trinajstić information content (AvgIpc) is 3.45. The smallest absolute Gasteiger partial charge is 0.267 e. The Morgan fingerprint density at radius 2 is 2.11 bits per heavy atom. The van der Waals surface area contributed by atoms with Crippen LogP contribution in [-0.2, 0) is 30.9 Å². The van der Waals surface area contributed by atoms with Crippen LogP contribution in [-0.4, -0.2) is 38.9 Å². The van der Waals surface area contributed by atoms with Gasteiger partial charge in [0.05, 0.1) is 36.2 Å². The third kappa shape index (κ3) is 3.80. The number of thiazole rings is 1. The van der Waals surface area contributed by atoms with Gasteiger partial charge in [-0.05, 0) is 32.2 Å². The Morgan fingerprint density at radius 3 is 3.00 bits per heavy atom. The van der Waals surface area contributed by atoms with Gasteiger partial charge in [-0.15, -0.1) is 11.3 Å². The quantitative estimate of drug-likeness (QED) is 0.772. The van der Waals surface area contributed by atoms with Crippen LogP contribution in [0.15, 0.2) is 16.2 Å². The number of hydrogen-bond acceptors (Lipinski definition) is 6. The van der Waals surface area contributed by atoms with E-state index >= 15 is 0 Å². The first kappa shape index (κ1) is 18.5. The zero-order valence-corrected chi connectivity index (χ0v) is 17.1. The van der Waals surface area contributed by atoms with Crippen LogP contribution in [0.5, 0.6) is 0 Å². The molecule has 6 nitrogen and oxygen atoms in total. The second-order valence-corrected chi connectivity index (χ2v) is 9.25. The molecule has 0 aromatic carbocycles. The number of nitrogens with zero attached hydrogens (tertiary/aromatic N) is 4. The predicted molar refractivity (Wildman–Crippen MR) is 109 cm³/mol. The van der Waals surface area contributed by atoms with Crippen molar-refractivity contribution in [2.24, 2.45) is 0 Å². The summed E-state index contributed by atoms with van der Waals surface area (Å²) in [4.78, 5) is 20.0. The molecule has 3 aliphatic rings. The Hall–Kier alpha value is -1.57. The molecular formula is C21H28N4O2S. The monoisotopic (exact) mass is 400 g/mol. The molecule has 1 saturated heterocycles. The van der Waals surface area contributed by atoms with E-state index in [1.54, 1.807) is 10.7 Å². The van der Waals surface area contributed by atoms with Crippen LogP contribution in [0.1, 0.15) is 66.4 Å². The maximum absolute atomic E-state index is 12.5. The van der Waals surface area contributed by atoms with E-state index in [-0.39, 0.29) is 5.56 Å². The minimum absolute atomic E-state index is 0.00622. The van der Waals surface area contributed by atoms with Gasteiger partial charge in [0.15, 0.2) is 0 Å². The number of ether oxygens (including phenoxy) is 1. The van der Waals surface area contributed by atoms with E-state index in [9.17, 15) is 4.79 Å². The highest BCUT2D eigenvalue weighted by Crippen LogP contribution is 2.36. The normalized spacial score (nSPS) is 23.4. The molecule has 0 N–H and O–H groups in total. The summed E-state index contributed by atoms with van der Waals surface area (Å²) in [5.41, 5.74) is 3.17. The Morgan fingerprint density at radius 1 is 1.21 bits per heavy atom. The maximum Gasteiger partial charge on any atom is 0.267 e. The number of aromatic nitrogens is 3. The summed E-state index contributed by atoms with van der Waals surface area (Å²) in [5.74, 6) is 0.690. The van der Waals surface area contributed by atoms with E-state index in [2.05, 4.69) is 15.4 Å². The Bertz CT molecular complexity index is 887. The molecule has 150 valence electrons. The summed E-state index contributed by atoms with van der Waals surface area (Å²) in [6.45, 7) is 3.85. The molecule has 7 heteroatoms. The summed E-state index contributed by atoms with van der Waals surface area (Å²) in [6, 6.07) is 2.08. The lowest BCUT2D eigenvalue weighted by atomic mass is 10.1. The summed E-state index contributed by atoms with van der Waals surface area (Å²) in [7, 11) is 0. The van der Waals surface area contributed by atoms with Gasteiger partial charge in [-0.3, -0.25) is 9.69 Å². The van der Waals surface area contributed by atoms with Crippen molar-refractivity contribution in [1.82, 2.24) is 19.7 Å². The largest absolute Gasteiger partial charge is 0.376 e. The van der Waals surface area contributed by atoms with E-state index in [4.69, 9.17) is 9.72 Å². The highest BCUT2D eigenvalue weighted by molar-refractivity contribution is 7.09. The molecule has 4 heterocycles. The zero-order valence-electron chi connectivity index (χ0n) is 16.3. The van der Waals surface area contributed by atoms with Crippen molar-refractivity contribution >= 4 is 11.3 Å². The maximum atomic E-state index is 12.5. The fourth-order valence-corrected chi connectivity index (χ4v) is 5.84. The summed E-state index contributed by atoms with van der Waals surface area (Å²) < 4.78 is 7.12. The lowest BCUT2D eigenvalue weighted by molar-refractivity contribution is 0.107. The van der Waals surface area contributed by atoms with Crippen molar-refractivity contribution in [2.45, 2.75) is 76.6 Å². The van der Waals surface area contributed by atoms with Gasteiger partial charge in [0.2, 0.25) is 0 Å². The molecule has 0 radical (unpaired) electrons. The zero-order chi connectivity index (χ0) is 18.9. The third-order valence-corrected chi connectivity index (χ3v) is 7.48. The Labute approximate surface area is 169 Å². The van der Waals surface area contributed by atoms with Crippen molar-refractivity contribution in [3.05, 3.63) is 43.8 Å². The minimum atomic E-state index is -0.00622. The van der Waals surface area contributed by atoms with Gasteiger partial charge in [-0.25, -0.2) is 9.67 Å². The van der Waals surface area contributed by atoms with Crippen LogP contribution in [0.3, 0.4) is 0 Å². The van der Waals surface area contributed by atoms with Gasteiger partial charge >= 0.3 is 0 Å². The van der Waals surface area contributed by atoms with Crippen LogP contribution in [0.4, 0.5) is 0 Å². The highest BCUT2D eigenvalue weighted by Gasteiger charge is 2.27. The van der Waals surface area contributed by atoms with Crippen molar-refractivity contribution in [3.8, 4) is 0 Å². The number of fused-ring (bicyclic) bond motifs is 1. The molecule has 2 fully saturated rings. The molecule has 2 aromatic rings. The Balaban J connectivity index is 1.28. The minimum Gasteiger partial charge on any atom is -0.376 e. The molecule has 1 unspecified atom stereocenters. The average molecular weight is 401 g/mol. The van der Waals surface area contributed by atoms with Crippen molar-refractivity contribution < 1.29 is 4.74 Å². The summed E-state index contributed by atoms with van der Waals surface area (Å²) in [6.07, 6.45) is 8.40. The van der Waals surface area contributed by atoms with Crippen LogP contribution < -0.4 is 5.56 Å². The molecule has 28 heavy (non-hydrogen) atoms. The summed E-state index contributed by atoms with van der Waals surface area (Å²) >= 11 is 1.84. The van der Waals surface area contributed by atoms with Gasteiger partial charge < -0.3 is 4.74 Å². The molecule has 5 rings (SSSR count). The lowest BCUT2D eigenvalue weighted by Gasteiger charge is -2.24. The molecule has 1 atom stereocenters. The predicted octanol–water partition coefficient (Wildman–Crippen LogP) is 3.09. The molecule has 2 aromatic heterocycles. The van der Waals surface area contributed by atoms with E-state index in [1.807, 2.05) is 11.3 Å². The van der Waals surface area contributed by atoms with Crippen molar-refractivity contribution in [3.63, 3.8) is 0 Å². The van der Waals surface area contributed by atoms with Gasteiger partial charge in [-0.1, -0.05) is 12.8 Å². The van der Waals surface area contributed by atoms with Crippen LogP contribution >= 0.6 is 11.3 Å². The Kier molecular flexibility index (Phi) is 5.30. The standard InChI is InChI=1S/C21H28N4O2S/c26-20-10-16-13-27-9-7-19(16)23-25(20)12-18-6-3-8-24(18)11-17-14-28-21(22-17)15-4-1-2-5-15/h10,14-15,18H,1-9,11-13H2. The lowest BCUT2D eigenvalue weighted by Crippen LogP contribution is -2.37.